The molecule has 1 saturated heterocycles. The highest BCUT2D eigenvalue weighted by atomic mass is 16.5. The maximum Gasteiger partial charge on any atom is 0.326 e. The lowest BCUT2D eigenvalue weighted by Crippen LogP contribution is -2.41. The molecule has 8 nitrogen and oxygen atoms in total. The smallest absolute Gasteiger partial charge is 0.326 e. The normalized spacial score (nSPS) is 20.7. The Morgan fingerprint density at radius 3 is 2.87 bits per heavy atom. The standard InChI is InChI=1S/C15H16N4O4/c1-23-11-8-13(15(21)22)18(9-11)14(20)12-7-10(3-5-16-12)19-6-2-4-17-19/h2-7,11,13H,8-9H2,1H3,(H,21,22). The largest absolute Gasteiger partial charge is 0.480 e. The highest BCUT2D eigenvalue weighted by molar-refractivity contribution is 5.95. The van der Waals surface area contributed by atoms with E-state index in [0.29, 0.717) is 5.69 Å². The molecule has 120 valence electrons. The molecule has 1 amide bonds. The Morgan fingerprint density at radius 2 is 2.22 bits per heavy atom. The van der Waals surface area contributed by atoms with Gasteiger partial charge in [0.1, 0.15) is 11.7 Å². The first-order valence-corrected chi connectivity index (χ1v) is 7.13. The molecule has 1 aliphatic heterocycles. The number of rotatable bonds is 4. The lowest BCUT2D eigenvalue weighted by molar-refractivity contribution is -0.141. The van der Waals surface area contributed by atoms with Gasteiger partial charge >= 0.3 is 5.97 Å². The molecule has 0 aromatic carbocycles. The summed E-state index contributed by atoms with van der Waals surface area (Å²) in [4.78, 5) is 29.4. The van der Waals surface area contributed by atoms with Crippen molar-refractivity contribution < 1.29 is 19.4 Å². The van der Waals surface area contributed by atoms with Crippen molar-refractivity contribution in [3.63, 3.8) is 0 Å². The van der Waals surface area contributed by atoms with Crippen LogP contribution in [0.2, 0.25) is 0 Å². The molecule has 2 aromatic rings. The molecule has 0 radical (unpaired) electrons. The first-order valence-electron chi connectivity index (χ1n) is 7.13. The van der Waals surface area contributed by atoms with Crippen LogP contribution in [0.15, 0.2) is 36.8 Å². The topological polar surface area (TPSA) is 97.6 Å². The third kappa shape index (κ3) is 2.93. The number of carbonyl (C=O) groups is 2. The van der Waals surface area contributed by atoms with Crippen LogP contribution in [0.3, 0.4) is 0 Å². The van der Waals surface area contributed by atoms with Crippen LogP contribution in [0.4, 0.5) is 0 Å². The van der Waals surface area contributed by atoms with Crippen molar-refractivity contribution in [2.24, 2.45) is 0 Å². The van der Waals surface area contributed by atoms with Crippen LogP contribution in [0.5, 0.6) is 0 Å². The average Bonchev–Trinajstić information content (AvgIpc) is 3.23. The van der Waals surface area contributed by atoms with Gasteiger partial charge in [0.15, 0.2) is 0 Å². The molecular formula is C15H16N4O4. The fourth-order valence-electron chi connectivity index (χ4n) is 2.67. The lowest BCUT2D eigenvalue weighted by atomic mass is 10.2. The van der Waals surface area contributed by atoms with Gasteiger partial charge in [0.05, 0.1) is 11.8 Å². The van der Waals surface area contributed by atoms with Gasteiger partial charge in [-0.2, -0.15) is 5.10 Å². The minimum atomic E-state index is -1.04. The van der Waals surface area contributed by atoms with Gasteiger partial charge in [0, 0.05) is 38.7 Å². The van der Waals surface area contributed by atoms with Crippen LogP contribution in [0.25, 0.3) is 5.69 Å². The molecule has 0 spiro atoms. The highest BCUT2D eigenvalue weighted by Crippen LogP contribution is 2.22. The molecule has 23 heavy (non-hydrogen) atoms. The Hall–Kier alpha value is -2.74. The maximum absolute atomic E-state index is 12.7. The van der Waals surface area contributed by atoms with E-state index < -0.39 is 17.9 Å². The van der Waals surface area contributed by atoms with Crippen molar-refractivity contribution in [3.05, 3.63) is 42.5 Å². The summed E-state index contributed by atoms with van der Waals surface area (Å²) in [6.45, 7) is 0.236. The zero-order valence-electron chi connectivity index (χ0n) is 12.5. The Bertz CT molecular complexity index is 716. The van der Waals surface area contributed by atoms with Crippen LogP contribution in [0, 0.1) is 0 Å². The van der Waals surface area contributed by atoms with Crippen molar-refractivity contribution in [3.8, 4) is 5.69 Å². The van der Waals surface area contributed by atoms with E-state index in [9.17, 15) is 14.7 Å². The zero-order valence-corrected chi connectivity index (χ0v) is 12.5. The first-order chi connectivity index (χ1) is 11.1. The average molecular weight is 316 g/mol. The molecule has 2 unspecified atom stereocenters. The number of amides is 1. The summed E-state index contributed by atoms with van der Waals surface area (Å²) in [6, 6.07) is 4.18. The molecule has 3 rings (SSSR count). The van der Waals surface area contributed by atoms with E-state index >= 15 is 0 Å². The van der Waals surface area contributed by atoms with Gasteiger partial charge in [0.2, 0.25) is 0 Å². The third-order valence-corrected chi connectivity index (χ3v) is 3.87. The summed E-state index contributed by atoms with van der Waals surface area (Å²) in [6.07, 6.45) is 4.88. The number of aromatic nitrogens is 3. The van der Waals surface area contributed by atoms with Gasteiger partial charge in [-0.05, 0) is 18.2 Å². The highest BCUT2D eigenvalue weighted by Gasteiger charge is 2.40. The number of carboxylic acids is 1. The maximum atomic E-state index is 12.7. The van der Waals surface area contributed by atoms with E-state index in [1.54, 1.807) is 35.3 Å². The summed E-state index contributed by atoms with van der Waals surface area (Å²) >= 11 is 0. The second kappa shape index (κ2) is 6.17. The summed E-state index contributed by atoms with van der Waals surface area (Å²) in [5.74, 6) is -1.47. The number of aliphatic carboxylic acids is 1. The molecule has 2 atom stereocenters. The van der Waals surface area contributed by atoms with Crippen LogP contribution < -0.4 is 0 Å². The zero-order chi connectivity index (χ0) is 16.4. The summed E-state index contributed by atoms with van der Waals surface area (Å²) in [5, 5.41) is 13.4. The second-order valence-corrected chi connectivity index (χ2v) is 5.25. The van der Waals surface area contributed by atoms with Crippen molar-refractivity contribution in [2.45, 2.75) is 18.6 Å². The Kier molecular flexibility index (Phi) is 4.07. The monoisotopic (exact) mass is 316 g/mol. The van der Waals surface area contributed by atoms with Gasteiger partial charge in [-0.15, -0.1) is 0 Å². The van der Waals surface area contributed by atoms with E-state index in [1.165, 1.54) is 18.2 Å². The van der Waals surface area contributed by atoms with Crippen molar-refractivity contribution >= 4 is 11.9 Å². The molecule has 1 N–H and O–H groups in total. The van der Waals surface area contributed by atoms with Gasteiger partial charge in [0.25, 0.3) is 5.91 Å². The van der Waals surface area contributed by atoms with Gasteiger partial charge < -0.3 is 14.7 Å². The molecule has 1 aliphatic rings. The SMILES string of the molecule is COC1CC(C(=O)O)N(C(=O)c2cc(-n3cccn3)ccn2)C1. The van der Waals surface area contributed by atoms with Crippen molar-refractivity contribution in [1.82, 2.24) is 19.7 Å². The summed E-state index contributed by atoms with van der Waals surface area (Å²) in [7, 11) is 1.51. The first kappa shape index (κ1) is 15.2. The number of carbonyl (C=O) groups excluding carboxylic acids is 1. The number of hydrogen-bond acceptors (Lipinski definition) is 5. The van der Waals surface area contributed by atoms with E-state index in [0.717, 1.165) is 0 Å². The molecule has 0 saturated carbocycles. The minimum absolute atomic E-state index is 0.181. The molecule has 0 aliphatic carbocycles. The number of hydrogen-bond donors (Lipinski definition) is 1. The fraction of sp³-hybridized carbons (Fsp3) is 0.333. The van der Waals surface area contributed by atoms with Crippen molar-refractivity contribution in [2.75, 3.05) is 13.7 Å². The minimum Gasteiger partial charge on any atom is -0.480 e. The van der Waals surface area contributed by atoms with Gasteiger partial charge in [-0.25, -0.2) is 9.48 Å². The van der Waals surface area contributed by atoms with E-state index in [-0.39, 0.29) is 24.8 Å². The predicted molar refractivity (Wildman–Crippen MR) is 79.2 cm³/mol. The number of methoxy groups -OCH3 is 1. The summed E-state index contributed by atoms with van der Waals surface area (Å²) < 4.78 is 6.80. The fourth-order valence-corrected chi connectivity index (χ4v) is 2.67. The molecular weight excluding hydrogens is 300 g/mol. The number of likely N-dealkylation sites (tertiary alicyclic amines) is 1. The number of ether oxygens (including phenoxy) is 1. The van der Waals surface area contributed by atoms with Crippen LogP contribution in [-0.4, -0.2) is 62.4 Å². The van der Waals surface area contributed by atoms with Crippen molar-refractivity contribution in [1.29, 1.82) is 0 Å². The Morgan fingerprint density at radius 1 is 1.39 bits per heavy atom. The number of carboxylic acid groups (broad SMARTS) is 1. The Balaban J connectivity index is 1.88. The number of pyridine rings is 1. The van der Waals surface area contributed by atoms with Crippen LogP contribution in [0.1, 0.15) is 16.9 Å². The van der Waals surface area contributed by atoms with E-state index in [1.807, 2.05) is 0 Å². The Labute approximate surface area is 132 Å². The predicted octanol–water partition coefficient (Wildman–Crippen LogP) is 0.581. The molecule has 2 aromatic heterocycles. The quantitative estimate of drug-likeness (QED) is 0.886. The molecule has 1 fully saturated rings. The number of nitrogens with zero attached hydrogens (tertiary/aromatic N) is 4. The second-order valence-electron chi connectivity index (χ2n) is 5.25. The molecule has 3 heterocycles. The lowest BCUT2D eigenvalue weighted by Gasteiger charge is -2.20. The van der Waals surface area contributed by atoms with Crippen LogP contribution >= 0.6 is 0 Å². The third-order valence-electron chi connectivity index (χ3n) is 3.87. The van der Waals surface area contributed by atoms with E-state index in [4.69, 9.17) is 4.74 Å². The van der Waals surface area contributed by atoms with Gasteiger partial charge in [-0.1, -0.05) is 0 Å². The van der Waals surface area contributed by atoms with Crippen LogP contribution in [-0.2, 0) is 9.53 Å². The molecule has 0 bridgehead atoms. The summed E-state index contributed by atoms with van der Waals surface area (Å²) in [5.41, 5.74) is 0.865. The molecule has 8 heteroatoms. The van der Waals surface area contributed by atoms with Gasteiger partial charge in [-0.3, -0.25) is 9.78 Å². The van der Waals surface area contributed by atoms with E-state index in [2.05, 4.69) is 10.1 Å².